The van der Waals surface area contributed by atoms with E-state index in [-0.39, 0.29) is 23.6 Å². The number of piperazine rings is 1. The van der Waals surface area contributed by atoms with Gasteiger partial charge in [0.25, 0.3) is 5.91 Å². The summed E-state index contributed by atoms with van der Waals surface area (Å²) in [5.41, 5.74) is 2.37. The fourth-order valence-corrected chi connectivity index (χ4v) is 4.10. The van der Waals surface area contributed by atoms with E-state index in [1.807, 2.05) is 49.9 Å². The molecular formula is C24H26F3N3O5. The Kier molecular flexibility index (Phi) is 7.81. The Bertz CT molecular complexity index is 1060. The lowest BCUT2D eigenvalue weighted by atomic mass is 10.0. The van der Waals surface area contributed by atoms with Crippen LogP contribution in [-0.4, -0.2) is 69.4 Å². The Hall–Kier alpha value is -3.44. The van der Waals surface area contributed by atoms with Gasteiger partial charge in [0.2, 0.25) is 0 Å². The van der Waals surface area contributed by atoms with E-state index in [4.69, 9.17) is 0 Å². The maximum absolute atomic E-state index is 13.0. The van der Waals surface area contributed by atoms with Gasteiger partial charge in [-0.2, -0.15) is 13.2 Å². The van der Waals surface area contributed by atoms with Crippen molar-refractivity contribution in [2.24, 2.45) is 0 Å². The van der Waals surface area contributed by atoms with E-state index in [1.54, 1.807) is 12.1 Å². The summed E-state index contributed by atoms with van der Waals surface area (Å²) in [7, 11) is 0. The van der Waals surface area contributed by atoms with Gasteiger partial charge in [0.15, 0.2) is 0 Å². The number of aryl methyl sites for hydroxylation is 1. The van der Waals surface area contributed by atoms with Gasteiger partial charge in [-0.25, -0.2) is 4.79 Å². The molecule has 2 amide bonds. The summed E-state index contributed by atoms with van der Waals surface area (Å²) in [6.45, 7) is 7.69. The average molecular weight is 493 g/mol. The quantitative estimate of drug-likeness (QED) is 0.517. The highest BCUT2D eigenvalue weighted by molar-refractivity contribution is 5.95. The average Bonchev–Trinajstić information content (AvgIpc) is 2.78. The molecule has 0 bridgehead atoms. The van der Waals surface area contributed by atoms with Crippen molar-refractivity contribution < 1.29 is 37.6 Å². The van der Waals surface area contributed by atoms with E-state index in [1.165, 1.54) is 12.1 Å². The summed E-state index contributed by atoms with van der Waals surface area (Å²) in [6.07, 6.45) is -5.35. The lowest BCUT2D eigenvalue weighted by molar-refractivity contribution is -0.301. The van der Waals surface area contributed by atoms with Crippen LogP contribution in [0.25, 0.3) is 0 Å². The van der Waals surface area contributed by atoms with Crippen LogP contribution in [0.2, 0.25) is 0 Å². The summed E-state index contributed by atoms with van der Waals surface area (Å²) in [5.74, 6) is -4.06. The summed E-state index contributed by atoms with van der Waals surface area (Å²) < 4.78 is 36.7. The van der Waals surface area contributed by atoms with E-state index >= 15 is 0 Å². The number of nitrogens with zero attached hydrogens (tertiary/aromatic N) is 3. The predicted octanol–water partition coefficient (Wildman–Crippen LogP) is 3.58. The molecule has 0 aliphatic carbocycles. The second-order valence-corrected chi connectivity index (χ2v) is 8.62. The van der Waals surface area contributed by atoms with Crippen LogP contribution >= 0.6 is 0 Å². The molecule has 2 aromatic carbocycles. The third-order valence-corrected chi connectivity index (χ3v) is 5.71. The molecule has 2 atom stereocenters. The van der Waals surface area contributed by atoms with Crippen molar-refractivity contribution in [3.05, 3.63) is 70.8 Å². The van der Waals surface area contributed by atoms with Crippen LogP contribution in [0.4, 0.5) is 13.2 Å². The molecule has 8 nitrogen and oxygen atoms in total. The highest BCUT2D eigenvalue weighted by Crippen LogP contribution is 2.22. The van der Waals surface area contributed by atoms with Gasteiger partial charge in [0, 0.05) is 42.8 Å². The first-order valence-corrected chi connectivity index (χ1v) is 10.9. The van der Waals surface area contributed by atoms with Crippen molar-refractivity contribution in [1.82, 2.24) is 15.0 Å². The van der Waals surface area contributed by atoms with Crippen LogP contribution in [0, 0.1) is 6.92 Å². The predicted molar refractivity (Wildman–Crippen MR) is 118 cm³/mol. The summed E-state index contributed by atoms with van der Waals surface area (Å²) in [6, 6.07) is 13.2. The van der Waals surface area contributed by atoms with Crippen LogP contribution < -0.4 is 0 Å². The SMILES string of the molecule is Cc1ccc(C(=O)N2[C@H](C)CN(Cc3ccc(C(=O)N(O)OC(=O)C(F)(F)F)cc3)C[C@@H]2C)cc1. The van der Waals surface area contributed by atoms with Crippen molar-refractivity contribution in [3.63, 3.8) is 0 Å². The van der Waals surface area contributed by atoms with Gasteiger partial charge in [-0.1, -0.05) is 29.8 Å². The maximum Gasteiger partial charge on any atom is 0.493 e. The fraction of sp³-hybridized carbons (Fsp3) is 0.375. The highest BCUT2D eigenvalue weighted by Gasteiger charge is 2.43. The molecule has 0 aromatic heterocycles. The number of rotatable bonds is 4. The Morgan fingerprint density at radius 1 is 0.971 bits per heavy atom. The lowest BCUT2D eigenvalue weighted by Gasteiger charge is -2.44. The van der Waals surface area contributed by atoms with Crippen LogP contribution in [-0.2, 0) is 16.2 Å². The van der Waals surface area contributed by atoms with E-state index in [0.717, 1.165) is 11.1 Å². The molecule has 2 aromatic rings. The molecule has 1 N–H and O–H groups in total. The normalized spacial score (nSPS) is 18.8. The van der Waals surface area contributed by atoms with Crippen LogP contribution in [0.5, 0.6) is 0 Å². The number of carbonyl (C=O) groups excluding carboxylic acids is 3. The minimum Gasteiger partial charge on any atom is -0.331 e. The number of hydrogen-bond donors (Lipinski definition) is 1. The smallest absolute Gasteiger partial charge is 0.331 e. The van der Waals surface area contributed by atoms with Gasteiger partial charge < -0.3 is 9.74 Å². The molecule has 3 rings (SSSR count). The molecule has 1 saturated heterocycles. The van der Waals surface area contributed by atoms with E-state index in [0.29, 0.717) is 25.2 Å². The molecule has 0 radical (unpaired) electrons. The summed E-state index contributed by atoms with van der Waals surface area (Å²) in [5, 5.41) is 8.62. The van der Waals surface area contributed by atoms with E-state index in [9.17, 15) is 32.8 Å². The molecule has 0 saturated carbocycles. The second kappa shape index (κ2) is 10.4. The Labute approximate surface area is 200 Å². The van der Waals surface area contributed by atoms with Crippen molar-refractivity contribution >= 4 is 17.8 Å². The first-order chi connectivity index (χ1) is 16.4. The largest absolute Gasteiger partial charge is 0.493 e. The number of alkyl halides is 3. The second-order valence-electron chi connectivity index (χ2n) is 8.62. The first kappa shape index (κ1) is 26.2. The van der Waals surface area contributed by atoms with Gasteiger partial charge in [-0.15, -0.1) is 0 Å². The van der Waals surface area contributed by atoms with E-state index < -0.39 is 23.3 Å². The fourth-order valence-electron chi connectivity index (χ4n) is 4.10. The number of benzene rings is 2. The van der Waals surface area contributed by atoms with Crippen molar-refractivity contribution in [2.75, 3.05) is 13.1 Å². The lowest BCUT2D eigenvalue weighted by Crippen LogP contribution is -2.58. The Morgan fingerprint density at radius 3 is 2.00 bits per heavy atom. The molecule has 11 heteroatoms. The number of amides is 2. The molecule has 35 heavy (non-hydrogen) atoms. The molecule has 1 aliphatic heterocycles. The van der Waals surface area contributed by atoms with Gasteiger partial charge in [-0.05, 0) is 55.8 Å². The van der Waals surface area contributed by atoms with Gasteiger partial charge in [0.05, 0.1) is 0 Å². The van der Waals surface area contributed by atoms with E-state index in [2.05, 4.69) is 9.74 Å². The van der Waals surface area contributed by atoms with Crippen molar-refractivity contribution in [3.8, 4) is 0 Å². The molecule has 188 valence electrons. The Morgan fingerprint density at radius 2 is 1.49 bits per heavy atom. The first-order valence-electron chi connectivity index (χ1n) is 10.9. The number of halogens is 3. The van der Waals surface area contributed by atoms with Crippen molar-refractivity contribution in [2.45, 2.75) is 45.6 Å². The monoisotopic (exact) mass is 493 g/mol. The van der Waals surface area contributed by atoms with Crippen LogP contribution in [0.3, 0.4) is 0 Å². The third-order valence-electron chi connectivity index (χ3n) is 5.71. The number of hydrogen-bond acceptors (Lipinski definition) is 6. The minimum atomic E-state index is -5.35. The zero-order valence-corrected chi connectivity index (χ0v) is 19.5. The third kappa shape index (κ3) is 6.37. The van der Waals surface area contributed by atoms with Crippen LogP contribution in [0.15, 0.2) is 48.5 Å². The molecule has 0 unspecified atom stereocenters. The topological polar surface area (TPSA) is 90.4 Å². The Balaban J connectivity index is 1.59. The van der Waals surface area contributed by atoms with Crippen LogP contribution in [0.1, 0.15) is 45.7 Å². The zero-order chi connectivity index (χ0) is 25.9. The molecule has 1 aliphatic rings. The zero-order valence-electron chi connectivity index (χ0n) is 19.5. The molecule has 1 heterocycles. The van der Waals surface area contributed by atoms with Gasteiger partial charge in [-0.3, -0.25) is 19.7 Å². The van der Waals surface area contributed by atoms with Gasteiger partial charge >= 0.3 is 18.1 Å². The van der Waals surface area contributed by atoms with Gasteiger partial charge in [0.1, 0.15) is 0 Å². The minimum absolute atomic E-state index is 0.0210. The highest BCUT2D eigenvalue weighted by atomic mass is 19.4. The maximum atomic E-state index is 13.0. The summed E-state index contributed by atoms with van der Waals surface area (Å²) in [4.78, 5) is 43.5. The number of carbonyl (C=O) groups is 3. The van der Waals surface area contributed by atoms with Crippen molar-refractivity contribution in [1.29, 1.82) is 0 Å². The molecular weight excluding hydrogens is 467 g/mol. The molecule has 1 fully saturated rings. The molecule has 0 spiro atoms. The standard InChI is InChI=1S/C24H26F3N3O5/c1-15-4-8-19(9-5-15)21(31)29-16(2)12-28(13-17(29)3)14-18-6-10-20(11-7-18)22(32)30(34)35-23(33)24(25,26)27/h4-11,16-17,34H,12-14H2,1-3H3/t16-,17+. The number of hydroxylamine groups is 2. The summed E-state index contributed by atoms with van der Waals surface area (Å²) >= 11 is 0.